The highest BCUT2D eigenvalue weighted by Crippen LogP contribution is 2.48. The number of carbonyl (C=O) groups excluding carboxylic acids is 2. The normalized spacial score (nSPS) is 18.9. The molecule has 2 aromatic rings. The van der Waals surface area contributed by atoms with Crippen molar-refractivity contribution in [1.29, 1.82) is 0 Å². The lowest BCUT2D eigenvalue weighted by Gasteiger charge is -2.37. The molecule has 4 rings (SSSR count). The van der Waals surface area contributed by atoms with Crippen molar-refractivity contribution in [3.8, 4) is 17.2 Å². The van der Waals surface area contributed by atoms with Crippen molar-refractivity contribution in [2.75, 3.05) is 34.5 Å². The maximum atomic E-state index is 14.0. The van der Waals surface area contributed by atoms with E-state index in [1.807, 2.05) is 57.2 Å². The van der Waals surface area contributed by atoms with Crippen molar-refractivity contribution in [3.63, 3.8) is 0 Å². The molecule has 0 unspecified atom stereocenters. The van der Waals surface area contributed by atoms with Crippen molar-refractivity contribution in [2.24, 2.45) is 0 Å². The molecule has 0 saturated heterocycles. The summed E-state index contributed by atoms with van der Waals surface area (Å²) in [6.07, 6.45) is 0.901. The van der Waals surface area contributed by atoms with E-state index in [1.165, 1.54) is 0 Å². The van der Waals surface area contributed by atoms with Crippen molar-refractivity contribution in [1.82, 2.24) is 5.32 Å². The summed E-state index contributed by atoms with van der Waals surface area (Å²) in [7, 11) is 4.77. The zero-order chi connectivity index (χ0) is 29.0. The molecule has 40 heavy (non-hydrogen) atoms. The second-order valence-corrected chi connectivity index (χ2v) is 11.0. The van der Waals surface area contributed by atoms with Crippen LogP contribution >= 0.6 is 15.9 Å². The molecular formula is C31H36BrNO7. The lowest BCUT2D eigenvalue weighted by molar-refractivity contribution is -0.141. The number of halogens is 1. The van der Waals surface area contributed by atoms with Crippen molar-refractivity contribution >= 4 is 27.7 Å². The fourth-order valence-corrected chi connectivity index (χ4v) is 5.77. The predicted octanol–water partition coefficient (Wildman–Crippen LogP) is 5.80. The minimum atomic E-state index is -0.652. The van der Waals surface area contributed by atoms with Crippen LogP contribution in [0.1, 0.15) is 56.6 Å². The summed E-state index contributed by atoms with van der Waals surface area (Å²) in [5.74, 6) is 0.569. The topological polar surface area (TPSA) is 92.3 Å². The fourth-order valence-electron chi connectivity index (χ4n) is 5.39. The Labute approximate surface area is 243 Å². The molecule has 0 spiro atoms. The third kappa shape index (κ3) is 6.20. The van der Waals surface area contributed by atoms with E-state index >= 15 is 0 Å². The number of hydrogen-bond acceptors (Lipinski definition) is 8. The van der Waals surface area contributed by atoms with E-state index in [2.05, 4.69) is 21.2 Å². The third-order valence-electron chi connectivity index (χ3n) is 7.20. The standard InChI is InChI=1S/C31H36BrNO7/c1-17(2)39-11-12-40-31(35)28-18(3)33-23-13-20(19-7-9-26(37-5)27(15-19)38-6)14-24(34)30(23)29(28)22-16-21(32)8-10-25(22)36-4/h7-10,15-17,20,29,33H,11-14H2,1-6H3/t20-,29-/m0/s1. The second-order valence-electron chi connectivity index (χ2n) is 10.1. The zero-order valence-electron chi connectivity index (χ0n) is 23.8. The SMILES string of the molecule is COc1ccc([C@@H]2CC(=O)C3=C(C2)NC(C)=C(C(=O)OCCOC(C)C)[C@@H]3c2cc(Br)ccc2OC)cc1OC. The highest BCUT2D eigenvalue weighted by Gasteiger charge is 2.42. The van der Waals surface area contributed by atoms with Gasteiger partial charge in [0.1, 0.15) is 12.4 Å². The molecule has 8 nitrogen and oxygen atoms in total. The summed E-state index contributed by atoms with van der Waals surface area (Å²) in [5, 5.41) is 3.39. The Morgan fingerprint density at radius 1 is 0.975 bits per heavy atom. The molecule has 1 N–H and O–H groups in total. The predicted molar refractivity (Wildman–Crippen MR) is 155 cm³/mol. The monoisotopic (exact) mass is 613 g/mol. The Morgan fingerprint density at radius 2 is 1.68 bits per heavy atom. The molecule has 2 atom stereocenters. The number of rotatable bonds is 10. The van der Waals surface area contributed by atoms with Gasteiger partial charge in [-0.1, -0.05) is 22.0 Å². The molecule has 0 saturated carbocycles. The molecule has 9 heteroatoms. The first-order valence-corrected chi connectivity index (χ1v) is 14.1. The van der Waals surface area contributed by atoms with Crippen LogP contribution in [0.15, 0.2) is 63.4 Å². The van der Waals surface area contributed by atoms with Crippen LogP contribution in [0, 0.1) is 0 Å². The van der Waals surface area contributed by atoms with Gasteiger partial charge in [-0.3, -0.25) is 4.79 Å². The van der Waals surface area contributed by atoms with Gasteiger partial charge >= 0.3 is 5.97 Å². The van der Waals surface area contributed by atoms with Crippen LogP contribution in [0.4, 0.5) is 0 Å². The van der Waals surface area contributed by atoms with Gasteiger partial charge < -0.3 is 29.0 Å². The zero-order valence-corrected chi connectivity index (χ0v) is 25.3. The van der Waals surface area contributed by atoms with Gasteiger partial charge in [0.05, 0.1) is 45.5 Å². The number of carbonyl (C=O) groups is 2. The van der Waals surface area contributed by atoms with Crippen molar-refractivity contribution in [2.45, 2.75) is 51.6 Å². The van der Waals surface area contributed by atoms with E-state index in [-0.39, 0.29) is 37.4 Å². The van der Waals surface area contributed by atoms with Gasteiger partial charge in [0.2, 0.25) is 0 Å². The number of ether oxygens (including phenoxy) is 5. The van der Waals surface area contributed by atoms with Crippen LogP contribution in [0.25, 0.3) is 0 Å². The number of methoxy groups -OCH3 is 3. The Balaban J connectivity index is 1.75. The van der Waals surface area contributed by atoms with E-state index in [4.69, 9.17) is 23.7 Å². The largest absolute Gasteiger partial charge is 0.496 e. The van der Waals surface area contributed by atoms with Gasteiger partial charge in [0, 0.05) is 33.4 Å². The van der Waals surface area contributed by atoms with Crippen LogP contribution in [0.5, 0.6) is 17.2 Å². The van der Waals surface area contributed by atoms with Gasteiger partial charge in [-0.25, -0.2) is 4.79 Å². The molecular weight excluding hydrogens is 578 g/mol. The van der Waals surface area contributed by atoms with Crippen LogP contribution in [0.2, 0.25) is 0 Å². The van der Waals surface area contributed by atoms with Gasteiger partial charge in [0.25, 0.3) is 0 Å². The molecule has 2 aromatic carbocycles. The minimum Gasteiger partial charge on any atom is -0.496 e. The Kier molecular flexibility index (Phi) is 9.58. The van der Waals surface area contributed by atoms with Gasteiger partial charge in [-0.15, -0.1) is 0 Å². The van der Waals surface area contributed by atoms with E-state index in [9.17, 15) is 9.59 Å². The molecule has 0 fully saturated rings. The Morgan fingerprint density at radius 3 is 2.35 bits per heavy atom. The lowest BCUT2D eigenvalue weighted by atomic mass is 9.71. The quantitative estimate of drug-likeness (QED) is 0.265. The van der Waals surface area contributed by atoms with Crippen LogP contribution < -0.4 is 19.5 Å². The molecule has 0 amide bonds. The first-order valence-electron chi connectivity index (χ1n) is 13.3. The molecule has 2 aliphatic rings. The van der Waals surface area contributed by atoms with Crippen LogP contribution in [0.3, 0.4) is 0 Å². The number of ketones is 1. The van der Waals surface area contributed by atoms with E-state index < -0.39 is 11.9 Å². The summed E-state index contributed by atoms with van der Waals surface area (Å²) in [4.78, 5) is 27.5. The third-order valence-corrected chi connectivity index (χ3v) is 7.69. The average molecular weight is 615 g/mol. The summed E-state index contributed by atoms with van der Waals surface area (Å²) in [6, 6.07) is 11.3. The number of hydrogen-bond donors (Lipinski definition) is 1. The summed E-state index contributed by atoms with van der Waals surface area (Å²) >= 11 is 3.55. The molecule has 0 radical (unpaired) electrons. The molecule has 1 heterocycles. The van der Waals surface area contributed by atoms with E-state index in [1.54, 1.807) is 21.3 Å². The number of esters is 1. The molecule has 0 aromatic heterocycles. The Bertz CT molecular complexity index is 1350. The maximum absolute atomic E-state index is 14.0. The van der Waals surface area contributed by atoms with Crippen molar-refractivity contribution < 1.29 is 33.3 Å². The number of dihydropyridines is 1. The first kappa shape index (κ1) is 29.7. The van der Waals surface area contributed by atoms with Crippen LogP contribution in [-0.2, 0) is 19.1 Å². The molecule has 214 valence electrons. The first-order chi connectivity index (χ1) is 19.2. The Hall–Kier alpha value is -3.30. The number of nitrogens with one attached hydrogen (secondary N) is 1. The van der Waals surface area contributed by atoms with Gasteiger partial charge in [-0.2, -0.15) is 0 Å². The highest BCUT2D eigenvalue weighted by atomic mass is 79.9. The number of allylic oxidation sites excluding steroid dienone is 3. The smallest absolute Gasteiger partial charge is 0.336 e. The van der Waals surface area contributed by atoms with Crippen molar-refractivity contribution in [3.05, 3.63) is 74.5 Å². The molecule has 1 aliphatic heterocycles. The highest BCUT2D eigenvalue weighted by molar-refractivity contribution is 9.10. The average Bonchev–Trinajstić information content (AvgIpc) is 2.93. The maximum Gasteiger partial charge on any atom is 0.336 e. The van der Waals surface area contributed by atoms with E-state index in [0.29, 0.717) is 46.1 Å². The van der Waals surface area contributed by atoms with E-state index in [0.717, 1.165) is 15.7 Å². The number of Topliss-reactive ketones (excluding diaryl/α,β-unsaturated/α-hetero) is 1. The summed E-state index contributed by atoms with van der Waals surface area (Å²) in [6.45, 7) is 6.08. The number of benzene rings is 2. The fraction of sp³-hybridized carbons (Fsp3) is 0.419. The molecule has 0 bridgehead atoms. The van der Waals surface area contributed by atoms with Crippen LogP contribution in [-0.4, -0.2) is 52.4 Å². The minimum absolute atomic E-state index is 0.0286. The lowest BCUT2D eigenvalue weighted by Crippen LogP contribution is -2.36. The second kappa shape index (κ2) is 12.9. The summed E-state index contributed by atoms with van der Waals surface area (Å²) < 4.78 is 28.6. The molecule has 1 aliphatic carbocycles. The van der Waals surface area contributed by atoms with Gasteiger partial charge in [-0.05, 0) is 69.0 Å². The van der Waals surface area contributed by atoms with Gasteiger partial charge in [0.15, 0.2) is 17.3 Å². The summed E-state index contributed by atoms with van der Waals surface area (Å²) in [5.41, 5.74) is 4.07.